The van der Waals surface area contributed by atoms with Crippen molar-refractivity contribution in [3.8, 4) is 0 Å². The van der Waals surface area contributed by atoms with Gasteiger partial charge in [0.1, 0.15) is 10.7 Å². The summed E-state index contributed by atoms with van der Waals surface area (Å²) in [6.45, 7) is 9.42. The van der Waals surface area contributed by atoms with E-state index in [2.05, 4.69) is 25.9 Å². The van der Waals surface area contributed by atoms with Crippen LogP contribution in [0.5, 0.6) is 0 Å². The maximum absolute atomic E-state index is 12.9. The van der Waals surface area contributed by atoms with Crippen LogP contribution in [0, 0.1) is 17.8 Å². The van der Waals surface area contributed by atoms with E-state index >= 15 is 0 Å². The van der Waals surface area contributed by atoms with E-state index in [1.165, 1.54) is 0 Å². The average Bonchev–Trinajstić information content (AvgIpc) is 3.11. The summed E-state index contributed by atoms with van der Waals surface area (Å²) in [4.78, 5) is 27.5. The molecule has 1 aromatic carbocycles. The van der Waals surface area contributed by atoms with Crippen molar-refractivity contribution in [1.29, 1.82) is 0 Å². The lowest BCUT2D eigenvalue weighted by molar-refractivity contribution is -0.135. The van der Waals surface area contributed by atoms with Crippen LogP contribution in [-0.2, 0) is 16.1 Å². The highest BCUT2D eigenvalue weighted by atomic mass is 35.5. The number of fused-ring (bicyclic) bond motifs is 2. The zero-order valence-corrected chi connectivity index (χ0v) is 19.4. The molecular weight excluding hydrogens is 414 g/mol. The zero-order chi connectivity index (χ0) is 22.4. The van der Waals surface area contributed by atoms with E-state index in [-0.39, 0.29) is 40.1 Å². The Balaban J connectivity index is 1.41. The Morgan fingerprint density at radius 3 is 2.61 bits per heavy atom. The van der Waals surface area contributed by atoms with Crippen LogP contribution in [0.4, 0.5) is 0 Å². The molecule has 1 saturated heterocycles. The number of aromatic nitrogens is 2. The predicted molar refractivity (Wildman–Crippen MR) is 119 cm³/mol. The number of aryl methyl sites for hydroxylation is 1. The number of nitrogens with zero attached hydrogens (tertiary/aromatic N) is 3. The Bertz CT molecular complexity index is 1000. The van der Waals surface area contributed by atoms with Crippen molar-refractivity contribution >= 4 is 23.5 Å². The Morgan fingerprint density at radius 2 is 1.90 bits per heavy atom. The number of esters is 1. The molecule has 2 aliphatic rings. The molecule has 4 rings (SSSR count). The van der Waals surface area contributed by atoms with Crippen LogP contribution in [0.3, 0.4) is 0 Å². The lowest BCUT2D eigenvalue weighted by atomic mass is 9.65. The minimum absolute atomic E-state index is 0.134. The number of likely N-dealkylation sites (tertiary alicyclic amines) is 1. The molecule has 31 heavy (non-hydrogen) atoms. The fraction of sp³-hybridized carbons (Fsp3) is 0.542. The van der Waals surface area contributed by atoms with Crippen molar-refractivity contribution in [2.45, 2.75) is 59.5 Å². The van der Waals surface area contributed by atoms with Crippen LogP contribution in [0.25, 0.3) is 0 Å². The molecule has 0 unspecified atom stereocenters. The molecule has 2 bridgehead atoms. The van der Waals surface area contributed by atoms with E-state index in [1.54, 1.807) is 11.6 Å². The number of carbonyl (C=O) groups is 2. The number of amides is 1. The van der Waals surface area contributed by atoms with Crippen molar-refractivity contribution in [2.75, 3.05) is 13.2 Å². The van der Waals surface area contributed by atoms with Gasteiger partial charge in [0.25, 0.3) is 5.91 Å². The van der Waals surface area contributed by atoms with Gasteiger partial charge in [-0.1, -0.05) is 62.7 Å². The van der Waals surface area contributed by atoms with E-state index < -0.39 is 5.97 Å². The summed E-state index contributed by atoms with van der Waals surface area (Å²) >= 11 is 6.44. The zero-order valence-electron chi connectivity index (χ0n) is 18.7. The van der Waals surface area contributed by atoms with Gasteiger partial charge in [-0.3, -0.25) is 4.79 Å². The molecule has 2 fully saturated rings. The van der Waals surface area contributed by atoms with Gasteiger partial charge in [0.05, 0.1) is 12.2 Å². The highest BCUT2D eigenvalue weighted by molar-refractivity contribution is 6.32. The first-order valence-corrected chi connectivity index (χ1v) is 11.2. The largest absolute Gasteiger partial charge is 0.452 e. The second-order valence-electron chi connectivity index (χ2n) is 10.2. The third kappa shape index (κ3) is 4.49. The fourth-order valence-electron chi connectivity index (χ4n) is 5.68. The van der Waals surface area contributed by atoms with Gasteiger partial charge in [-0.15, -0.1) is 0 Å². The molecule has 1 aromatic heterocycles. The molecule has 2 heterocycles. The van der Waals surface area contributed by atoms with Crippen LogP contribution in [0.2, 0.25) is 5.15 Å². The second-order valence-corrected chi connectivity index (χ2v) is 10.6. The van der Waals surface area contributed by atoms with Crippen molar-refractivity contribution in [2.24, 2.45) is 10.8 Å². The number of carbonyl (C=O) groups excluding carboxylic acids is 2. The highest BCUT2D eigenvalue weighted by Gasteiger charge is 2.51. The average molecular weight is 444 g/mol. The number of halogens is 1. The molecule has 166 valence electrons. The van der Waals surface area contributed by atoms with Gasteiger partial charge < -0.3 is 9.64 Å². The number of hydrogen-bond acceptors (Lipinski definition) is 4. The molecular formula is C24H30ClN3O3. The van der Waals surface area contributed by atoms with E-state index in [0.29, 0.717) is 12.2 Å². The second kappa shape index (κ2) is 7.97. The highest BCUT2D eigenvalue weighted by Crippen LogP contribution is 2.52. The number of ether oxygens (including phenoxy) is 1. The van der Waals surface area contributed by atoms with Crippen LogP contribution < -0.4 is 0 Å². The van der Waals surface area contributed by atoms with Crippen LogP contribution in [0.15, 0.2) is 30.3 Å². The number of rotatable bonds is 5. The van der Waals surface area contributed by atoms with Gasteiger partial charge in [-0.2, -0.15) is 5.10 Å². The Kier molecular flexibility index (Phi) is 5.63. The van der Waals surface area contributed by atoms with Crippen LogP contribution in [-0.4, -0.2) is 45.8 Å². The molecule has 2 atom stereocenters. The first kappa shape index (κ1) is 21.9. The molecule has 6 nitrogen and oxygen atoms in total. The van der Waals surface area contributed by atoms with Gasteiger partial charge in [0.15, 0.2) is 6.61 Å². The molecule has 1 amide bonds. The lowest BCUT2D eigenvalue weighted by Crippen LogP contribution is -2.39. The van der Waals surface area contributed by atoms with Gasteiger partial charge in [-0.05, 0) is 42.6 Å². The number of benzene rings is 1. The molecule has 0 N–H and O–H groups in total. The summed E-state index contributed by atoms with van der Waals surface area (Å²) in [6.07, 6.45) is 3.11. The Labute approximate surface area is 188 Å². The molecule has 0 radical (unpaired) electrons. The minimum Gasteiger partial charge on any atom is -0.452 e. The first-order chi connectivity index (χ1) is 14.6. The molecule has 1 aliphatic carbocycles. The lowest BCUT2D eigenvalue weighted by Gasteiger charge is -2.39. The van der Waals surface area contributed by atoms with E-state index in [1.807, 2.05) is 35.2 Å². The van der Waals surface area contributed by atoms with Gasteiger partial charge in [0.2, 0.25) is 0 Å². The third-order valence-corrected chi connectivity index (χ3v) is 6.89. The Hall–Kier alpha value is -2.34. The first-order valence-electron chi connectivity index (χ1n) is 10.8. The molecule has 1 aliphatic heterocycles. The normalized spacial score (nSPS) is 24.3. The summed E-state index contributed by atoms with van der Waals surface area (Å²) < 4.78 is 6.97. The summed E-state index contributed by atoms with van der Waals surface area (Å²) in [5.41, 5.74) is 2.10. The summed E-state index contributed by atoms with van der Waals surface area (Å²) in [5, 5.41) is 4.62. The smallest absolute Gasteiger partial charge is 0.343 e. The van der Waals surface area contributed by atoms with Crippen molar-refractivity contribution in [1.82, 2.24) is 14.7 Å². The van der Waals surface area contributed by atoms with Crippen molar-refractivity contribution < 1.29 is 14.3 Å². The SMILES string of the molecule is Cc1nn(Cc2ccccc2)c(Cl)c1C(=O)OCC(=O)N1C[C@@]2(C)C[C@H]1CC(C)(C)C2. The topological polar surface area (TPSA) is 64.4 Å². The van der Waals surface area contributed by atoms with Crippen LogP contribution >= 0.6 is 11.6 Å². The number of hydrogen-bond donors (Lipinski definition) is 0. The van der Waals surface area contributed by atoms with E-state index in [4.69, 9.17) is 16.3 Å². The minimum atomic E-state index is -0.608. The molecule has 2 aromatic rings. The molecule has 0 spiro atoms. The molecule has 1 saturated carbocycles. The van der Waals surface area contributed by atoms with Gasteiger partial charge >= 0.3 is 5.97 Å². The predicted octanol–water partition coefficient (Wildman–Crippen LogP) is 4.48. The summed E-state index contributed by atoms with van der Waals surface area (Å²) in [5.74, 6) is -0.742. The van der Waals surface area contributed by atoms with Gasteiger partial charge in [-0.25, -0.2) is 9.48 Å². The summed E-state index contributed by atoms with van der Waals surface area (Å²) in [7, 11) is 0. The van der Waals surface area contributed by atoms with E-state index in [9.17, 15) is 9.59 Å². The fourth-order valence-corrected chi connectivity index (χ4v) is 5.99. The van der Waals surface area contributed by atoms with Gasteiger partial charge in [0, 0.05) is 12.6 Å². The summed E-state index contributed by atoms with van der Waals surface area (Å²) in [6, 6.07) is 9.98. The quantitative estimate of drug-likeness (QED) is 0.639. The van der Waals surface area contributed by atoms with E-state index in [0.717, 1.165) is 31.4 Å². The Morgan fingerprint density at radius 1 is 1.19 bits per heavy atom. The maximum Gasteiger partial charge on any atom is 0.343 e. The third-order valence-electron chi connectivity index (χ3n) is 6.51. The monoisotopic (exact) mass is 443 g/mol. The van der Waals surface area contributed by atoms with Crippen LogP contribution in [0.1, 0.15) is 61.6 Å². The van der Waals surface area contributed by atoms with Crippen molar-refractivity contribution in [3.05, 3.63) is 52.3 Å². The standard InChI is InChI=1S/C24H30ClN3O3/c1-16-20(21(25)28(26-16)12-17-8-6-5-7-9-17)22(30)31-13-19(29)27-15-24(4)11-18(27)10-23(2,3)14-24/h5-9,18H,10-15H2,1-4H3/t18-,24+/m1/s1. The maximum atomic E-state index is 12.9. The van der Waals surface area contributed by atoms with Crippen molar-refractivity contribution in [3.63, 3.8) is 0 Å². The molecule has 7 heteroatoms.